The Bertz CT molecular complexity index is 758. The molecule has 2 rings (SSSR count). The minimum Gasteiger partial charge on any atom is -0.477 e. The van der Waals surface area contributed by atoms with Gasteiger partial charge in [-0.2, -0.15) is 0 Å². The molecule has 120 valence electrons. The van der Waals surface area contributed by atoms with E-state index in [1.807, 2.05) is 33.8 Å². The van der Waals surface area contributed by atoms with Crippen LogP contribution in [0.4, 0.5) is 5.82 Å². The highest BCUT2D eigenvalue weighted by atomic mass is 16.6. The van der Waals surface area contributed by atoms with Crippen molar-refractivity contribution in [1.29, 1.82) is 0 Å². The van der Waals surface area contributed by atoms with Crippen LogP contribution < -0.4 is 4.74 Å². The standard InChI is InChI=1S/C17H18N2O4/c1-10-8-11(2)13(4)16(12(10)3)14(20)9-23-15-6-5-7-18-17(15)19(21)22/h5-8H,9H2,1-4H3. The van der Waals surface area contributed by atoms with E-state index in [1.54, 1.807) is 0 Å². The third kappa shape index (κ3) is 3.36. The van der Waals surface area contributed by atoms with Crippen LogP contribution in [0.2, 0.25) is 0 Å². The number of ketones is 1. The number of benzene rings is 1. The lowest BCUT2D eigenvalue weighted by Crippen LogP contribution is -2.16. The van der Waals surface area contributed by atoms with Crippen molar-refractivity contribution in [1.82, 2.24) is 4.98 Å². The van der Waals surface area contributed by atoms with Gasteiger partial charge in [0.2, 0.25) is 11.5 Å². The number of hydrogen-bond donors (Lipinski definition) is 0. The molecule has 0 atom stereocenters. The molecule has 0 aliphatic rings. The molecule has 0 saturated carbocycles. The maximum Gasteiger partial charge on any atom is 0.406 e. The van der Waals surface area contributed by atoms with Crippen molar-refractivity contribution in [3.05, 3.63) is 62.3 Å². The Morgan fingerprint density at radius 3 is 2.39 bits per heavy atom. The minimum atomic E-state index is -0.632. The molecule has 0 saturated heterocycles. The number of nitrogens with zero attached hydrogens (tertiary/aromatic N) is 2. The van der Waals surface area contributed by atoms with Gasteiger partial charge in [0.25, 0.3) is 0 Å². The van der Waals surface area contributed by atoms with Gasteiger partial charge in [0, 0.05) is 5.56 Å². The Hall–Kier alpha value is -2.76. The molecule has 0 aliphatic carbocycles. The van der Waals surface area contributed by atoms with Crippen LogP contribution in [0.1, 0.15) is 32.6 Å². The quantitative estimate of drug-likeness (QED) is 0.479. The molecule has 0 radical (unpaired) electrons. The zero-order valence-corrected chi connectivity index (χ0v) is 13.5. The molecular formula is C17H18N2O4. The Morgan fingerprint density at radius 1 is 1.22 bits per heavy atom. The number of carbonyl (C=O) groups excluding carboxylic acids is 1. The molecule has 6 heteroatoms. The number of carbonyl (C=O) groups is 1. The molecule has 0 bridgehead atoms. The van der Waals surface area contributed by atoms with Crippen molar-refractivity contribution >= 4 is 11.6 Å². The second kappa shape index (κ2) is 6.56. The number of Topliss-reactive ketones (excluding diaryl/α,β-unsaturated/α-hetero) is 1. The Labute approximate surface area is 134 Å². The van der Waals surface area contributed by atoms with Gasteiger partial charge in [0.15, 0.2) is 6.61 Å². The Morgan fingerprint density at radius 2 is 1.83 bits per heavy atom. The van der Waals surface area contributed by atoms with Crippen molar-refractivity contribution in [3.63, 3.8) is 0 Å². The summed E-state index contributed by atoms with van der Waals surface area (Å²) in [6.45, 7) is 7.41. The number of pyridine rings is 1. The van der Waals surface area contributed by atoms with Gasteiger partial charge in [0.1, 0.15) is 6.20 Å². The summed E-state index contributed by atoms with van der Waals surface area (Å²) in [7, 11) is 0. The van der Waals surface area contributed by atoms with Crippen molar-refractivity contribution in [2.45, 2.75) is 27.7 Å². The molecule has 0 spiro atoms. The van der Waals surface area contributed by atoms with Crippen LogP contribution in [0.25, 0.3) is 0 Å². The zero-order valence-electron chi connectivity index (χ0n) is 13.5. The predicted molar refractivity (Wildman–Crippen MR) is 86.1 cm³/mol. The summed E-state index contributed by atoms with van der Waals surface area (Å²) in [6, 6.07) is 4.99. The topological polar surface area (TPSA) is 82.3 Å². The van der Waals surface area contributed by atoms with E-state index in [9.17, 15) is 14.9 Å². The zero-order chi connectivity index (χ0) is 17.1. The molecule has 0 amide bonds. The van der Waals surface area contributed by atoms with E-state index in [0.717, 1.165) is 22.3 Å². The monoisotopic (exact) mass is 314 g/mol. The highest BCUT2D eigenvalue weighted by molar-refractivity contribution is 6.00. The predicted octanol–water partition coefficient (Wildman–Crippen LogP) is 3.49. The third-order valence-corrected chi connectivity index (χ3v) is 3.93. The van der Waals surface area contributed by atoms with Crippen molar-refractivity contribution in [3.8, 4) is 5.75 Å². The van der Waals surface area contributed by atoms with Crippen molar-refractivity contribution in [2.24, 2.45) is 0 Å². The molecule has 6 nitrogen and oxygen atoms in total. The molecule has 2 aromatic rings. The number of aryl methyl sites for hydroxylation is 2. The maximum absolute atomic E-state index is 12.5. The van der Waals surface area contributed by atoms with Crippen LogP contribution in [0.3, 0.4) is 0 Å². The molecule has 1 aromatic carbocycles. The van der Waals surface area contributed by atoms with E-state index in [4.69, 9.17) is 4.74 Å². The average molecular weight is 314 g/mol. The molecule has 0 N–H and O–H groups in total. The number of hydrogen-bond acceptors (Lipinski definition) is 5. The van der Waals surface area contributed by atoms with Gasteiger partial charge in [-0.05, 0) is 72.0 Å². The van der Waals surface area contributed by atoms with E-state index in [0.29, 0.717) is 5.56 Å². The van der Waals surface area contributed by atoms with Crippen LogP contribution in [-0.4, -0.2) is 22.3 Å². The third-order valence-electron chi connectivity index (χ3n) is 3.93. The van der Waals surface area contributed by atoms with Gasteiger partial charge in [-0.1, -0.05) is 6.07 Å². The first-order valence-corrected chi connectivity index (χ1v) is 7.15. The van der Waals surface area contributed by atoms with Gasteiger partial charge in [-0.25, -0.2) is 0 Å². The molecule has 23 heavy (non-hydrogen) atoms. The Kier molecular flexibility index (Phi) is 4.74. The van der Waals surface area contributed by atoms with Crippen LogP contribution in [0.15, 0.2) is 24.4 Å². The van der Waals surface area contributed by atoms with E-state index in [-0.39, 0.29) is 18.1 Å². The summed E-state index contributed by atoms with van der Waals surface area (Å²) in [5, 5.41) is 10.9. The van der Waals surface area contributed by atoms with Crippen LogP contribution in [-0.2, 0) is 0 Å². The van der Waals surface area contributed by atoms with Gasteiger partial charge >= 0.3 is 5.82 Å². The molecule has 0 unspecified atom stereocenters. The highest BCUT2D eigenvalue weighted by Crippen LogP contribution is 2.25. The molecule has 1 aromatic heterocycles. The normalized spacial score (nSPS) is 10.4. The smallest absolute Gasteiger partial charge is 0.406 e. The van der Waals surface area contributed by atoms with Gasteiger partial charge < -0.3 is 14.9 Å². The van der Waals surface area contributed by atoms with E-state index in [1.165, 1.54) is 18.3 Å². The fraction of sp³-hybridized carbons (Fsp3) is 0.294. The first-order valence-electron chi connectivity index (χ1n) is 7.15. The minimum absolute atomic E-state index is 0.00877. The second-order valence-electron chi connectivity index (χ2n) is 5.43. The fourth-order valence-corrected chi connectivity index (χ4v) is 2.48. The van der Waals surface area contributed by atoms with Gasteiger partial charge in [-0.3, -0.25) is 4.79 Å². The number of rotatable bonds is 5. The SMILES string of the molecule is Cc1cc(C)c(C)c(C(=O)COc2cccnc2[N+](=O)[O-])c1C. The lowest BCUT2D eigenvalue weighted by molar-refractivity contribution is -0.390. The Balaban J connectivity index is 2.27. The largest absolute Gasteiger partial charge is 0.477 e. The molecule has 1 heterocycles. The van der Waals surface area contributed by atoms with Crippen LogP contribution in [0, 0.1) is 37.8 Å². The van der Waals surface area contributed by atoms with Crippen molar-refractivity contribution in [2.75, 3.05) is 6.61 Å². The summed E-state index contributed by atoms with van der Waals surface area (Å²) >= 11 is 0. The number of nitro groups is 1. The number of ether oxygens (including phenoxy) is 1. The summed E-state index contributed by atoms with van der Waals surface area (Å²) in [4.78, 5) is 26.5. The summed E-state index contributed by atoms with van der Waals surface area (Å²) in [6.07, 6.45) is 1.31. The van der Waals surface area contributed by atoms with E-state index >= 15 is 0 Å². The van der Waals surface area contributed by atoms with Crippen molar-refractivity contribution < 1.29 is 14.5 Å². The molecule has 0 aliphatic heterocycles. The fourth-order valence-electron chi connectivity index (χ4n) is 2.48. The summed E-state index contributed by atoms with van der Waals surface area (Å²) in [5.74, 6) is -0.607. The first-order chi connectivity index (χ1) is 10.8. The maximum atomic E-state index is 12.5. The lowest BCUT2D eigenvalue weighted by Gasteiger charge is -2.14. The highest BCUT2D eigenvalue weighted by Gasteiger charge is 2.20. The van der Waals surface area contributed by atoms with Crippen LogP contribution in [0.5, 0.6) is 5.75 Å². The second-order valence-corrected chi connectivity index (χ2v) is 5.43. The summed E-state index contributed by atoms with van der Waals surface area (Å²) < 4.78 is 5.35. The average Bonchev–Trinajstić information content (AvgIpc) is 2.51. The lowest BCUT2D eigenvalue weighted by atomic mass is 9.92. The first kappa shape index (κ1) is 16.6. The summed E-state index contributed by atoms with van der Waals surface area (Å²) in [5.41, 5.74) is 4.49. The van der Waals surface area contributed by atoms with E-state index in [2.05, 4.69) is 4.98 Å². The number of aromatic nitrogens is 1. The molecule has 0 fully saturated rings. The van der Waals surface area contributed by atoms with E-state index < -0.39 is 10.7 Å². The van der Waals surface area contributed by atoms with Crippen LogP contribution >= 0.6 is 0 Å². The molecular weight excluding hydrogens is 296 g/mol. The van der Waals surface area contributed by atoms with Gasteiger partial charge in [-0.15, -0.1) is 0 Å². The van der Waals surface area contributed by atoms with Gasteiger partial charge in [0.05, 0.1) is 0 Å².